The molecule has 0 atom stereocenters. The Morgan fingerprint density at radius 3 is 2.05 bits per heavy atom. The molecule has 1 saturated heterocycles. The second-order valence-electron chi connectivity index (χ2n) is 6.74. The SMILES string of the molecule is O=C(NC1CCN(C2CCCC2)CC1)C1CCCC1. The molecule has 3 aliphatic rings. The maximum Gasteiger partial charge on any atom is 0.223 e. The van der Waals surface area contributed by atoms with Crippen LogP contribution in [0.15, 0.2) is 0 Å². The Bertz CT molecular complexity index is 298. The number of hydrogen-bond donors (Lipinski definition) is 1. The molecule has 1 aliphatic heterocycles. The van der Waals surface area contributed by atoms with Gasteiger partial charge in [0.2, 0.25) is 5.91 Å². The Kier molecular flexibility index (Phi) is 4.42. The maximum atomic E-state index is 12.1. The lowest BCUT2D eigenvalue weighted by atomic mass is 10.0. The van der Waals surface area contributed by atoms with Crippen molar-refractivity contribution in [1.29, 1.82) is 0 Å². The molecule has 3 rings (SSSR count). The first-order chi connectivity index (χ1) is 9.33. The fourth-order valence-corrected chi connectivity index (χ4v) is 4.19. The molecule has 0 unspecified atom stereocenters. The minimum absolute atomic E-state index is 0.327. The summed E-state index contributed by atoms with van der Waals surface area (Å²) in [4.78, 5) is 14.8. The van der Waals surface area contributed by atoms with E-state index in [0.29, 0.717) is 17.9 Å². The highest BCUT2D eigenvalue weighted by atomic mass is 16.1. The molecule has 3 heteroatoms. The fraction of sp³-hybridized carbons (Fsp3) is 0.938. The number of likely N-dealkylation sites (tertiary alicyclic amines) is 1. The van der Waals surface area contributed by atoms with E-state index in [1.807, 2.05) is 0 Å². The molecular weight excluding hydrogens is 236 g/mol. The Morgan fingerprint density at radius 1 is 0.842 bits per heavy atom. The number of hydrogen-bond acceptors (Lipinski definition) is 2. The van der Waals surface area contributed by atoms with E-state index in [2.05, 4.69) is 10.2 Å². The molecule has 3 fully saturated rings. The highest BCUT2D eigenvalue weighted by Gasteiger charge is 2.29. The van der Waals surface area contributed by atoms with Gasteiger partial charge in [-0.15, -0.1) is 0 Å². The summed E-state index contributed by atoms with van der Waals surface area (Å²) in [5, 5.41) is 3.31. The first-order valence-electron chi connectivity index (χ1n) is 8.37. The maximum absolute atomic E-state index is 12.1. The molecule has 3 nitrogen and oxygen atoms in total. The van der Waals surface area contributed by atoms with Gasteiger partial charge in [0, 0.05) is 31.1 Å². The van der Waals surface area contributed by atoms with E-state index in [1.54, 1.807) is 0 Å². The number of nitrogens with zero attached hydrogens (tertiary/aromatic N) is 1. The van der Waals surface area contributed by atoms with Gasteiger partial charge in [0.05, 0.1) is 0 Å². The van der Waals surface area contributed by atoms with Gasteiger partial charge in [-0.1, -0.05) is 25.7 Å². The molecule has 108 valence electrons. The minimum Gasteiger partial charge on any atom is -0.353 e. The Morgan fingerprint density at radius 2 is 1.42 bits per heavy atom. The van der Waals surface area contributed by atoms with Crippen LogP contribution in [0.25, 0.3) is 0 Å². The van der Waals surface area contributed by atoms with Crippen molar-refractivity contribution < 1.29 is 4.79 Å². The zero-order chi connectivity index (χ0) is 13.1. The molecule has 0 radical (unpaired) electrons. The fourth-order valence-electron chi connectivity index (χ4n) is 4.19. The molecular formula is C16H28N2O. The van der Waals surface area contributed by atoms with Gasteiger partial charge < -0.3 is 10.2 Å². The Labute approximate surface area is 117 Å². The number of piperidine rings is 1. The van der Waals surface area contributed by atoms with Gasteiger partial charge in [0.15, 0.2) is 0 Å². The van der Waals surface area contributed by atoms with Gasteiger partial charge >= 0.3 is 0 Å². The van der Waals surface area contributed by atoms with Crippen molar-refractivity contribution in [2.45, 2.75) is 76.3 Å². The van der Waals surface area contributed by atoms with Crippen molar-refractivity contribution in [1.82, 2.24) is 10.2 Å². The highest BCUT2D eigenvalue weighted by Crippen LogP contribution is 2.27. The molecule has 0 aromatic rings. The standard InChI is InChI=1S/C16H28N2O/c19-16(13-5-1-2-6-13)17-14-9-11-18(12-10-14)15-7-3-4-8-15/h13-15H,1-12H2,(H,17,19). The van der Waals surface area contributed by atoms with Crippen LogP contribution in [0.3, 0.4) is 0 Å². The topological polar surface area (TPSA) is 32.3 Å². The lowest BCUT2D eigenvalue weighted by Gasteiger charge is -2.36. The molecule has 2 aliphatic carbocycles. The van der Waals surface area contributed by atoms with Gasteiger partial charge in [-0.2, -0.15) is 0 Å². The summed E-state index contributed by atoms with van der Waals surface area (Å²) in [6.45, 7) is 2.39. The smallest absolute Gasteiger partial charge is 0.223 e. The van der Waals surface area contributed by atoms with Crippen molar-refractivity contribution in [3.63, 3.8) is 0 Å². The van der Waals surface area contributed by atoms with Gasteiger partial charge in [-0.05, 0) is 38.5 Å². The van der Waals surface area contributed by atoms with E-state index in [0.717, 1.165) is 31.7 Å². The molecule has 0 aromatic carbocycles. The molecule has 0 spiro atoms. The van der Waals surface area contributed by atoms with E-state index in [4.69, 9.17) is 0 Å². The lowest BCUT2D eigenvalue weighted by molar-refractivity contribution is -0.125. The summed E-state index contributed by atoms with van der Waals surface area (Å²) in [6.07, 6.45) is 12.7. The van der Waals surface area contributed by atoms with Crippen LogP contribution in [0.2, 0.25) is 0 Å². The van der Waals surface area contributed by atoms with Crippen molar-refractivity contribution >= 4 is 5.91 Å². The van der Waals surface area contributed by atoms with Crippen LogP contribution in [0, 0.1) is 5.92 Å². The van der Waals surface area contributed by atoms with Crippen LogP contribution in [-0.4, -0.2) is 36.0 Å². The zero-order valence-corrected chi connectivity index (χ0v) is 12.1. The van der Waals surface area contributed by atoms with Crippen LogP contribution in [-0.2, 0) is 4.79 Å². The summed E-state index contributed by atoms with van der Waals surface area (Å²) in [5.41, 5.74) is 0. The number of nitrogens with one attached hydrogen (secondary N) is 1. The van der Waals surface area contributed by atoms with E-state index in [-0.39, 0.29) is 0 Å². The average molecular weight is 264 g/mol. The quantitative estimate of drug-likeness (QED) is 0.850. The second kappa shape index (κ2) is 6.25. The van der Waals surface area contributed by atoms with Gasteiger partial charge in [0.1, 0.15) is 0 Å². The minimum atomic E-state index is 0.327. The van der Waals surface area contributed by atoms with Crippen molar-refractivity contribution in [2.24, 2.45) is 5.92 Å². The molecule has 1 N–H and O–H groups in total. The number of rotatable bonds is 3. The number of carbonyl (C=O) groups excluding carboxylic acids is 1. The normalized spacial score (nSPS) is 28.0. The third-order valence-corrected chi connectivity index (χ3v) is 5.44. The number of amides is 1. The van der Waals surface area contributed by atoms with Crippen LogP contribution in [0.5, 0.6) is 0 Å². The summed E-state index contributed by atoms with van der Waals surface area (Å²) in [5.74, 6) is 0.671. The first kappa shape index (κ1) is 13.4. The largest absolute Gasteiger partial charge is 0.353 e. The molecule has 0 bridgehead atoms. The predicted molar refractivity (Wildman–Crippen MR) is 77.0 cm³/mol. The van der Waals surface area contributed by atoms with Crippen molar-refractivity contribution in [3.8, 4) is 0 Å². The highest BCUT2D eigenvalue weighted by molar-refractivity contribution is 5.79. The Balaban J connectivity index is 1.41. The van der Waals surface area contributed by atoms with Crippen LogP contribution < -0.4 is 5.32 Å². The van der Waals surface area contributed by atoms with Crippen LogP contribution in [0.4, 0.5) is 0 Å². The third-order valence-electron chi connectivity index (χ3n) is 5.44. The Hall–Kier alpha value is -0.570. The monoisotopic (exact) mass is 264 g/mol. The van der Waals surface area contributed by atoms with Gasteiger partial charge in [-0.3, -0.25) is 4.79 Å². The van der Waals surface area contributed by atoms with E-state index < -0.39 is 0 Å². The van der Waals surface area contributed by atoms with E-state index in [9.17, 15) is 4.79 Å². The summed E-state index contributed by atoms with van der Waals surface area (Å²) >= 11 is 0. The van der Waals surface area contributed by atoms with Gasteiger partial charge in [0.25, 0.3) is 0 Å². The van der Waals surface area contributed by atoms with E-state index in [1.165, 1.54) is 51.6 Å². The molecule has 1 heterocycles. The second-order valence-corrected chi connectivity index (χ2v) is 6.74. The van der Waals surface area contributed by atoms with Gasteiger partial charge in [-0.25, -0.2) is 0 Å². The summed E-state index contributed by atoms with van der Waals surface area (Å²) in [7, 11) is 0. The van der Waals surface area contributed by atoms with E-state index >= 15 is 0 Å². The van der Waals surface area contributed by atoms with Crippen LogP contribution >= 0.6 is 0 Å². The average Bonchev–Trinajstić information content (AvgIpc) is 3.13. The molecule has 2 saturated carbocycles. The molecule has 19 heavy (non-hydrogen) atoms. The third kappa shape index (κ3) is 3.31. The molecule has 1 amide bonds. The summed E-state index contributed by atoms with van der Waals surface area (Å²) < 4.78 is 0. The lowest BCUT2D eigenvalue weighted by Crippen LogP contribution is -2.48. The van der Waals surface area contributed by atoms with Crippen molar-refractivity contribution in [2.75, 3.05) is 13.1 Å². The van der Waals surface area contributed by atoms with Crippen molar-refractivity contribution in [3.05, 3.63) is 0 Å². The predicted octanol–water partition coefficient (Wildman–Crippen LogP) is 2.70. The first-order valence-corrected chi connectivity index (χ1v) is 8.37. The molecule has 0 aromatic heterocycles. The zero-order valence-electron chi connectivity index (χ0n) is 12.1. The van der Waals surface area contributed by atoms with Crippen LogP contribution in [0.1, 0.15) is 64.2 Å². The summed E-state index contributed by atoms with van der Waals surface area (Å²) in [6, 6.07) is 1.30. The number of carbonyl (C=O) groups is 1.